The molecule has 0 bridgehead atoms. The molecule has 2 N–H and O–H groups in total. The summed E-state index contributed by atoms with van der Waals surface area (Å²) in [6.45, 7) is 3.64. The summed E-state index contributed by atoms with van der Waals surface area (Å²) in [7, 11) is 1.55. The lowest BCUT2D eigenvalue weighted by Crippen LogP contribution is -2.17. The van der Waals surface area contributed by atoms with Crippen LogP contribution in [0, 0.1) is 22.7 Å². The summed E-state index contributed by atoms with van der Waals surface area (Å²) < 4.78 is 10.1. The molecule has 0 fully saturated rings. The lowest BCUT2D eigenvalue weighted by Gasteiger charge is -2.15. The van der Waals surface area contributed by atoms with Gasteiger partial charge in [-0.1, -0.05) is 23.9 Å². The summed E-state index contributed by atoms with van der Waals surface area (Å²) in [5.74, 6) is 0.228. The number of aromatic nitrogens is 1. The van der Waals surface area contributed by atoms with Crippen LogP contribution in [-0.4, -0.2) is 29.9 Å². The predicted molar refractivity (Wildman–Crippen MR) is 102 cm³/mol. The Morgan fingerprint density at radius 2 is 1.89 bits per heavy atom. The number of carbonyl (C=O) groups excluding carboxylic acids is 1. The van der Waals surface area contributed by atoms with Crippen molar-refractivity contribution in [1.82, 2.24) is 4.98 Å². The molecule has 0 aliphatic carbocycles. The van der Waals surface area contributed by atoms with Crippen molar-refractivity contribution in [2.24, 2.45) is 0 Å². The second-order valence-corrected chi connectivity index (χ2v) is 6.72. The van der Waals surface area contributed by atoms with Gasteiger partial charge in [-0.25, -0.2) is 4.98 Å². The van der Waals surface area contributed by atoms with Gasteiger partial charge in [0.25, 0.3) is 0 Å². The van der Waals surface area contributed by atoms with E-state index >= 15 is 0 Å². The number of esters is 1. The summed E-state index contributed by atoms with van der Waals surface area (Å²) in [5, 5.41) is 19.0. The first-order valence-corrected chi connectivity index (χ1v) is 8.96. The Kier molecular flexibility index (Phi) is 6.64. The molecule has 1 heterocycles. The number of anilines is 1. The number of nitrogens with zero attached hydrogens (tertiary/aromatic N) is 3. The maximum atomic E-state index is 11.9. The third-order valence-electron chi connectivity index (χ3n) is 3.70. The normalized spacial score (nSPS) is 11.1. The Labute approximate surface area is 161 Å². The summed E-state index contributed by atoms with van der Waals surface area (Å²) in [5.41, 5.74) is 7.28. The summed E-state index contributed by atoms with van der Waals surface area (Å²) in [4.78, 5) is 16.1. The monoisotopic (exact) mass is 382 g/mol. The number of hydrogen-bond donors (Lipinski definition) is 1. The minimum atomic E-state index is -0.583. The van der Waals surface area contributed by atoms with Crippen molar-refractivity contribution in [2.75, 3.05) is 19.5 Å². The fourth-order valence-corrected chi connectivity index (χ4v) is 3.32. The van der Waals surface area contributed by atoms with E-state index in [-0.39, 0.29) is 28.6 Å². The predicted octanol–water partition coefficient (Wildman–Crippen LogP) is 3.13. The molecule has 2 rings (SSSR count). The smallest absolute Gasteiger partial charge is 0.319 e. The van der Waals surface area contributed by atoms with Gasteiger partial charge in [0.2, 0.25) is 0 Å². The molecule has 27 heavy (non-hydrogen) atoms. The number of benzene rings is 1. The van der Waals surface area contributed by atoms with E-state index in [0.29, 0.717) is 16.9 Å². The SMILES string of the molecule is CCOC(=O)C(C)Sc1nc(N)c(C#N)c(-c2ccc(OC)cc2)c1C#N. The largest absolute Gasteiger partial charge is 0.497 e. The van der Waals surface area contributed by atoms with E-state index in [9.17, 15) is 15.3 Å². The van der Waals surface area contributed by atoms with Crippen molar-refractivity contribution < 1.29 is 14.3 Å². The maximum Gasteiger partial charge on any atom is 0.319 e. The van der Waals surface area contributed by atoms with E-state index in [1.54, 1.807) is 45.2 Å². The Morgan fingerprint density at radius 3 is 2.41 bits per heavy atom. The van der Waals surface area contributed by atoms with Gasteiger partial charge in [0.1, 0.15) is 39.5 Å². The number of ether oxygens (including phenoxy) is 2. The van der Waals surface area contributed by atoms with Crippen LogP contribution in [0.25, 0.3) is 11.1 Å². The Hall–Kier alpha value is -3.23. The van der Waals surface area contributed by atoms with Crippen molar-refractivity contribution in [1.29, 1.82) is 10.5 Å². The molecule has 0 amide bonds. The molecular weight excluding hydrogens is 364 g/mol. The van der Waals surface area contributed by atoms with E-state index in [4.69, 9.17) is 15.2 Å². The highest BCUT2D eigenvalue weighted by Crippen LogP contribution is 2.37. The number of nitrogen functional groups attached to an aromatic ring is 1. The molecule has 1 aromatic heterocycles. The Morgan fingerprint density at radius 1 is 1.26 bits per heavy atom. The Bertz CT molecular complexity index is 930. The molecular formula is C19H18N4O3S. The van der Waals surface area contributed by atoms with Gasteiger partial charge in [0, 0.05) is 5.56 Å². The quantitative estimate of drug-likeness (QED) is 0.597. The van der Waals surface area contributed by atoms with E-state index in [1.165, 1.54) is 0 Å². The average molecular weight is 382 g/mol. The van der Waals surface area contributed by atoms with E-state index in [2.05, 4.69) is 11.1 Å². The molecule has 1 unspecified atom stereocenters. The Balaban J connectivity index is 2.61. The highest BCUT2D eigenvalue weighted by Gasteiger charge is 2.24. The van der Waals surface area contributed by atoms with Gasteiger partial charge < -0.3 is 15.2 Å². The van der Waals surface area contributed by atoms with Crippen LogP contribution >= 0.6 is 11.8 Å². The molecule has 8 heteroatoms. The van der Waals surface area contributed by atoms with Crippen LogP contribution in [0.1, 0.15) is 25.0 Å². The molecule has 0 spiro atoms. The third kappa shape index (κ3) is 4.30. The first kappa shape index (κ1) is 20.1. The first-order chi connectivity index (χ1) is 13.0. The zero-order chi connectivity index (χ0) is 20.0. The van der Waals surface area contributed by atoms with Crippen molar-refractivity contribution >= 4 is 23.5 Å². The standard InChI is InChI=1S/C19H18N4O3S/c1-4-26-19(24)11(2)27-18-15(10-21)16(14(9-20)17(22)23-18)12-5-7-13(25-3)8-6-12/h5-8,11H,4H2,1-3H3,(H2,22,23). The van der Waals surface area contributed by atoms with E-state index in [0.717, 1.165) is 11.8 Å². The minimum Gasteiger partial charge on any atom is -0.497 e. The zero-order valence-electron chi connectivity index (χ0n) is 15.1. The van der Waals surface area contributed by atoms with Gasteiger partial charge in [-0.05, 0) is 31.5 Å². The fraction of sp³-hybridized carbons (Fsp3) is 0.263. The van der Waals surface area contributed by atoms with Gasteiger partial charge >= 0.3 is 5.97 Å². The van der Waals surface area contributed by atoms with E-state index in [1.807, 2.05) is 6.07 Å². The molecule has 1 atom stereocenters. The lowest BCUT2D eigenvalue weighted by atomic mass is 9.97. The number of nitriles is 2. The third-order valence-corrected chi connectivity index (χ3v) is 4.77. The summed E-state index contributed by atoms with van der Waals surface area (Å²) in [6.07, 6.45) is 0. The van der Waals surface area contributed by atoms with Gasteiger partial charge in [-0.15, -0.1) is 0 Å². The van der Waals surface area contributed by atoms with Crippen LogP contribution in [0.2, 0.25) is 0 Å². The van der Waals surface area contributed by atoms with Gasteiger partial charge in [-0.2, -0.15) is 10.5 Å². The van der Waals surface area contributed by atoms with Crippen LogP contribution < -0.4 is 10.5 Å². The van der Waals surface area contributed by atoms with Crippen molar-refractivity contribution in [3.8, 4) is 29.0 Å². The second-order valence-electron chi connectivity index (χ2n) is 5.39. The van der Waals surface area contributed by atoms with Crippen LogP contribution in [0.5, 0.6) is 5.75 Å². The van der Waals surface area contributed by atoms with Crippen LogP contribution in [0.15, 0.2) is 29.3 Å². The van der Waals surface area contributed by atoms with Crippen LogP contribution in [0.4, 0.5) is 5.82 Å². The fourth-order valence-electron chi connectivity index (χ4n) is 2.40. The number of thioether (sulfide) groups is 1. The van der Waals surface area contributed by atoms with Crippen molar-refractivity contribution in [3.05, 3.63) is 35.4 Å². The average Bonchev–Trinajstić information content (AvgIpc) is 2.67. The van der Waals surface area contributed by atoms with Gasteiger partial charge in [0.15, 0.2) is 0 Å². The second kappa shape index (κ2) is 8.93. The summed E-state index contributed by atoms with van der Waals surface area (Å²) in [6, 6.07) is 11.0. The number of rotatable bonds is 6. The van der Waals surface area contributed by atoms with Crippen LogP contribution in [-0.2, 0) is 9.53 Å². The number of nitrogens with two attached hydrogens (primary N) is 1. The molecule has 0 aliphatic heterocycles. The van der Waals surface area contributed by atoms with Crippen molar-refractivity contribution in [3.63, 3.8) is 0 Å². The molecule has 0 saturated heterocycles. The highest BCUT2D eigenvalue weighted by atomic mass is 32.2. The molecule has 0 aliphatic rings. The highest BCUT2D eigenvalue weighted by molar-refractivity contribution is 8.00. The molecule has 0 radical (unpaired) electrons. The molecule has 7 nitrogen and oxygen atoms in total. The summed E-state index contributed by atoms with van der Waals surface area (Å²) >= 11 is 1.07. The first-order valence-electron chi connectivity index (χ1n) is 8.08. The van der Waals surface area contributed by atoms with Gasteiger partial charge in [0.05, 0.1) is 19.3 Å². The number of hydrogen-bond acceptors (Lipinski definition) is 8. The van der Waals surface area contributed by atoms with E-state index < -0.39 is 11.2 Å². The number of carbonyl (C=O) groups is 1. The lowest BCUT2D eigenvalue weighted by molar-refractivity contribution is -0.142. The maximum absolute atomic E-state index is 11.9. The molecule has 0 saturated carbocycles. The zero-order valence-corrected chi connectivity index (χ0v) is 16.0. The molecule has 1 aromatic carbocycles. The van der Waals surface area contributed by atoms with Crippen LogP contribution in [0.3, 0.4) is 0 Å². The minimum absolute atomic E-state index is 0.000812. The molecule has 2 aromatic rings. The molecule has 138 valence electrons. The van der Waals surface area contributed by atoms with Gasteiger partial charge in [-0.3, -0.25) is 4.79 Å². The number of methoxy groups -OCH3 is 1. The topological polar surface area (TPSA) is 122 Å². The number of pyridine rings is 1. The van der Waals surface area contributed by atoms with Crippen molar-refractivity contribution in [2.45, 2.75) is 24.1 Å².